The average molecular weight is 374 g/mol. The molecule has 1 spiro atoms. The fourth-order valence-electron chi connectivity index (χ4n) is 4.66. The van der Waals surface area contributed by atoms with Crippen LogP contribution < -0.4 is 4.90 Å². The second-order valence-electron chi connectivity index (χ2n) is 8.36. The van der Waals surface area contributed by atoms with Crippen molar-refractivity contribution in [2.24, 2.45) is 0 Å². The number of aliphatic hydroxyl groups is 1. The van der Waals surface area contributed by atoms with Crippen LogP contribution in [0.4, 0.5) is 5.69 Å². The summed E-state index contributed by atoms with van der Waals surface area (Å²) in [5.74, 6) is 0.0921. The maximum absolute atomic E-state index is 13.2. The van der Waals surface area contributed by atoms with Crippen LogP contribution in [-0.2, 0) is 9.47 Å². The van der Waals surface area contributed by atoms with E-state index in [0.29, 0.717) is 45.8 Å². The van der Waals surface area contributed by atoms with Gasteiger partial charge in [-0.15, -0.1) is 0 Å². The fraction of sp³-hybridized carbons (Fsp3) is 0.667. The highest BCUT2D eigenvalue weighted by Gasteiger charge is 2.45. The Hall–Kier alpha value is -1.63. The highest BCUT2D eigenvalue weighted by molar-refractivity contribution is 6.00. The number of rotatable bonds is 2. The molecule has 3 aliphatic heterocycles. The lowest BCUT2D eigenvalue weighted by Crippen LogP contribution is -2.54. The third-order valence-electron chi connectivity index (χ3n) is 6.20. The van der Waals surface area contributed by atoms with Gasteiger partial charge < -0.3 is 24.4 Å². The van der Waals surface area contributed by atoms with Gasteiger partial charge in [0.05, 0.1) is 36.6 Å². The molecule has 0 aromatic heterocycles. The Morgan fingerprint density at radius 2 is 1.74 bits per heavy atom. The first kappa shape index (κ1) is 18.7. The van der Waals surface area contributed by atoms with Crippen LogP contribution in [0.2, 0.25) is 0 Å². The van der Waals surface area contributed by atoms with Crippen LogP contribution in [-0.4, -0.2) is 73.1 Å². The zero-order valence-electron chi connectivity index (χ0n) is 16.2. The number of carbonyl (C=O) groups is 1. The van der Waals surface area contributed by atoms with Crippen molar-refractivity contribution in [3.8, 4) is 0 Å². The molecule has 0 bridgehead atoms. The van der Waals surface area contributed by atoms with Crippen molar-refractivity contribution in [1.82, 2.24) is 4.90 Å². The molecule has 3 heterocycles. The van der Waals surface area contributed by atoms with Crippen LogP contribution >= 0.6 is 0 Å². The Bertz CT molecular complexity index is 677. The molecule has 0 radical (unpaired) electrons. The zero-order chi connectivity index (χ0) is 18.9. The highest BCUT2D eigenvalue weighted by atomic mass is 16.5. The van der Waals surface area contributed by atoms with E-state index in [4.69, 9.17) is 9.47 Å². The van der Waals surface area contributed by atoms with Crippen LogP contribution in [0, 0.1) is 0 Å². The van der Waals surface area contributed by atoms with Gasteiger partial charge in [0.1, 0.15) is 0 Å². The van der Waals surface area contributed by atoms with E-state index in [9.17, 15) is 9.90 Å². The van der Waals surface area contributed by atoms with Crippen LogP contribution in [0.1, 0.15) is 43.0 Å². The van der Waals surface area contributed by atoms with E-state index in [1.54, 1.807) is 0 Å². The number of piperidine rings is 1. The van der Waals surface area contributed by atoms with Crippen LogP contribution in [0.15, 0.2) is 24.3 Å². The number of para-hydroxylation sites is 1. The van der Waals surface area contributed by atoms with Crippen molar-refractivity contribution in [1.29, 1.82) is 0 Å². The van der Waals surface area contributed by atoms with Gasteiger partial charge in [-0.25, -0.2) is 0 Å². The third-order valence-corrected chi connectivity index (χ3v) is 6.20. The summed E-state index contributed by atoms with van der Waals surface area (Å²) in [7, 11) is 0. The average Bonchev–Trinajstić information content (AvgIpc) is 2.68. The Morgan fingerprint density at radius 1 is 1.04 bits per heavy atom. The number of benzene rings is 1. The molecule has 1 amide bonds. The number of ether oxygens (including phenoxy) is 2. The Balaban J connectivity index is 1.46. The van der Waals surface area contributed by atoms with Gasteiger partial charge in [0.2, 0.25) is 0 Å². The molecular weight excluding hydrogens is 344 g/mol. The molecule has 3 aliphatic rings. The van der Waals surface area contributed by atoms with Crippen LogP contribution in [0.3, 0.4) is 0 Å². The topological polar surface area (TPSA) is 62.2 Å². The second-order valence-corrected chi connectivity index (χ2v) is 8.36. The van der Waals surface area contributed by atoms with E-state index in [0.717, 1.165) is 37.2 Å². The number of anilines is 1. The molecule has 1 aromatic rings. The lowest BCUT2D eigenvalue weighted by molar-refractivity contribution is -0.170. The second kappa shape index (κ2) is 7.41. The third kappa shape index (κ3) is 3.98. The summed E-state index contributed by atoms with van der Waals surface area (Å²) in [6.45, 7) is 6.87. The predicted octanol–water partition coefficient (Wildman–Crippen LogP) is 2.06. The minimum absolute atomic E-state index is 0.0921. The van der Waals surface area contributed by atoms with Crippen molar-refractivity contribution in [3.05, 3.63) is 29.8 Å². The SMILES string of the molecule is CC1(O)CCOC2(CCN(C(=O)c3ccccc3N3CCOCC3)CC2)C1. The number of amides is 1. The standard InChI is InChI=1S/C21H30N2O4/c1-20(25)8-13-27-21(16-20)6-9-23(10-7-21)19(24)17-4-2-3-5-18(17)22-11-14-26-15-12-22/h2-5,25H,6-16H2,1H3. The molecule has 27 heavy (non-hydrogen) atoms. The number of hydrogen-bond acceptors (Lipinski definition) is 5. The molecule has 6 nitrogen and oxygen atoms in total. The van der Waals surface area contributed by atoms with Gasteiger partial charge in [-0.05, 0) is 38.3 Å². The summed E-state index contributed by atoms with van der Waals surface area (Å²) in [6.07, 6.45) is 2.92. The number of nitrogens with zero attached hydrogens (tertiary/aromatic N) is 2. The minimum atomic E-state index is -0.659. The first-order valence-corrected chi connectivity index (χ1v) is 10.1. The molecule has 0 aliphatic carbocycles. The first-order valence-electron chi connectivity index (χ1n) is 10.1. The van der Waals surface area contributed by atoms with Gasteiger partial charge in [-0.2, -0.15) is 0 Å². The van der Waals surface area contributed by atoms with E-state index in [2.05, 4.69) is 4.90 Å². The van der Waals surface area contributed by atoms with Gasteiger partial charge >= 0.3 is 0 Å². The summed E-state index contributed by atoms with van der Waals surface area (Å²) >= 11 is 0. The van der Waals surface area contributed by atoms with E-state index in [1.165, 1.54) is 0 Å². The number of morpholine rings is 1. The lowest BCUT2D eigenvalue weighted by Gasteiger charge is -2.48. The highest BCUT2D eigenvalue weighted by Crippen LogP contribution is 2.39. The van der Waals surface area contributed by atoms with Gasteiger partial charge in [-0.3, -0.25) is 4.79 Å². The normalized spacial score (nSPS) is 28.4. The number of hydrogen-bond donors (Lipinski definition) is 1. The van der Waals surface area contributed by atoms with Crippen molar-refractivity contribution < 1.29 is 19.4 Å². The van der Waals surface area contributed by atoms with E-state index in [-0.39, 0.29) is 11.5 Å². The number of carbonyl (C=O) groups excluding carboxylic acids is 1. The molecular formula is C21H30N2O4. The molecule has 1 unspecified atom stereocenters. The Morgan fingerprint density at radius 3 is 2.44 bits per heavy atom. The molecule has 3 saturated heterocycles. The van der Waals surface area contributed by atoms with Crippen LogP contribution in [0.25, 0.3) is 0 Å². The largest absolute Gasteiger partial charge is 0.390 e. The molecule has 3 fully saturated rings. The van der Waals surface area contributed by atoms with Gasteiger partial charge in [0, 0.05) is 38.3 Å². The van der Waals surface area contributed by atoms with E-state index in [1.807, 2.05) is 36.1 Å². The summed E-state index contributed by atoms with van der Waals surface area (Å²) in [5, 5.41) is 10.4. The number of likely N-dealkylation sites (tertiary alicyclic amines) is 1. The van der Waals surface area contributed by atoms with Crippen molar-refractivity contribution in [2.45, 2.75) is 43.8 Å². The van der Waals surface area contributed by atoms with E-state index >= 15 is 0 Å². The van der Waals surface area contributed by atoms with Crippen molar-refractivity contribution >= 4 is 11.6 Å². The molecule has 0 saturated carbocycles. The van der Waals surface area contributed by atoms with Crippen LogP contribution in [0.5, 0.6) is 0 Å². The Kier molecular flexibility index (Phi) is 5.14. The quantitative estimate of drug-likeness (QED) is 0.859. The molecule has 1 atom stereocenters. The summed E-state index contributed by atoms with van der Waals surface area (Å²) < 4.78 is 11.5. The zero-order valence-corrected chi connectivity index (χ0v) is 16.2. The monoisotopic (exact) mass is 374 g/mol. The fourth-order valence-corrected chi connectivity index (χ4v) is 4.66. The smallest absolute Gasteiger partial charge is 0.255 e. The first-order chi connectivity index (χ1) is 13.0. The maximum Gasteiger partial charge on any atom is 0.255 e. The molecule has 1 N–H and O–H groups in total. The summed E-state index contributed by atoms with van der Waals surface area (Å²) in [5.41, 5.74) is 0.838. The van der Waals surface area contributed by atoms with Gasteiger partial charge in [-0.1, -0.05) is 12.1 Å². The molecule has 4 rings (SSSR count). The minimum Gasteiger partial charge on any atom is -0.390 e. The summed E-state index contributed by atoms with van der Waals surface area (Å²) in [4.78, 5) is 17.4. The molecule has 6 heteroatoms. The van der Waals surface area contributed by atoms with Crippen molar-refractivity contribution in [3.63, 3.8) is 0 Å². The van der Waals surface area contributed by atoms with Gasteiger partial charge in [0.15, 0.2) is 0 Å². The van der Waals surface area contributed by atoms with Crippen molar-refractivity contribution in [2.75, 3.05) is 50.9 Å². The Labute approximate surface area is 161 Å². The van der Waals surface area contributed by atoms with E-state index < -0.39 is 5.60 Å². The van der Waals surface area contributed by atoms with Gasteiger partial charge in [0.25, 0.3) is 5.91 Å². The lowest BCUT2D eigenvalue weighted by atomic mass is 9.78. The maximum atomic E-state index is 13.2. The predicted molar refractivity (Wildman–Crippen MR) is 103 cm³/mol. The molecule has 1 aromatic carbocycles. The molecule has 148 valence electrons. The summed E-state index contributed by atoms with van der Waals surface area (Å²) in [6, 6.07) is 7.89.